The van der Waals surface area contributed by atoms with Crippen LogP contribution in [0.5, 0.6) is 0 Å². The normalized spacial score (nSPS) is 29.6. The lowest BCUT2D eigenvalue weighted by molar-refractivity contribution is -0.0140. The number of nitrogens with one attached hydrogen (secondary N) is 1. The fraction of sp³-hybridized carbons (Fsp3) is 0.556. The van der Waals surface area contributed by atoms with Crippen molar-refractivity contribution in [1.82, 2.24) is 15.1 Å². The summed E-state index contributed by atoms with van der Waals surface area (Å²) in [5.41, 5.74) is 4.47. The summed E-state index contributed by atoms with van der Waals surface area (Å²) in [7, 11) is 4.20. The molecule has 0 bridgehead atoms. The summed E-state index contributed by atoms with van der Waals surface area (Å²) in [6.45, 7) is 7.26. The molecule has 2 aromatic carbocycles. The molecule has 0 aliphatic carbocycles. The van der Waals surface area contributed by atoms with Crippen molar-refractivity contribution in [2.75, 3.05) is 33.7 Å². The first-order valence-electron chi connectivity index (χ1n) is 12.1. The lowest BCUT2D eigenvalue weighted by atomic mass is 9.81. The molecule has 4 unspecified atom stereocenters. The maximum absolute atomic E-state index is 13.7. The van der Waals surface area contributed by atoms with E-state index >= 15 is 0 Å². The molecule has 2 aromatic rings. The van der Waals surface area contributed by atoms with Crippen LogP contribution in [0.2, 0.25) is 0 Å². The molecule has 3 aliphatic rings. The zero-order valence-corrected chi connectivity index (χ0v) is 19.6. The third-order valence-corrected chi connectivity index (χ3v) is 7.91. The first-order chi connectivity index (χ1) is 15.5. The van der Waals surface area contributed by atoms with E-state index in [2.05, 4.69) is 54.3 Å². The van der Waals surface area contributed by atoms with Crippen LogP contribution < -0.4 is 5.32 Å². The number of ether oxygens (including phenoxy) is 1. The van der Waals surface area contributed by atoms with Crippen LogP contribution in [0, 0.1) is 11.7 Å². The number of halogens is 1. The van der Waals surface area contributed by atoms with Gasteiger partial charge in [0.15, 0.2) is 0 Å². The topological polar surface area (TPSA) is 27.7 Å². The molecule has 0 spiro atoms. The molecular weight excluding hydrogens is 401 g/mol. The first kappa shape index (κ1) is 22.0. The number of nitrogens with zero attached hydrogens (tertiary/aromatic N) is 2. The van der Waals surface area contributed by atoms with E-state index in [9.17, 15) is 4.39 Å². The number of hydrogen-bond acceptors (Lipinski definition) is 4. The second kappa shape index (κ2) is 8.86. The van der Waals surface area contributed by atoms with Gasteiger partial charge in [-0.3, -0.25) is 4.90 Å². The Kier molecular flexibility index (Phi) is 6.10. The summed E-state index contributed by atoms with van der Waals surface area (Å²) in [6, 6.07) is 15.1. The van der Waals surface area contributed by atoms with E-state index in [0.29, 0.717) is 18.7 Å². The van der Waals surface area contributed by atoms with E-state index in [1.165, 1.54) is 29.7 Å². The van der Waals surface area contributed by atoms with E-state index in [4.69, 9.17) is 4.74 Å². The van der Waals surface area contributed by atoms with Gasteiger partial charge < -0.3 is 15.0 Å². The van der Waals surface area contributed by atoms with Gasteiger partial charge in [-0.25, -0.2) is 4.39 Å². The van der Waals surface area contributed by atoms with E-state index < -0.39 is 5.60 Å². The van der Waals surface area contributed by atoms with Crippen LogP contribution in [0.4, 0.5) is 4.39 Å². The molecule has 0 amide bonds. The Labute approximate surface area is 191 Å². The van der Waals surface area contributed by atoms with E-state index in [-0.39, 0.29) is 5.82 Å². The number of rotatable bonds is 7. The van der Waals surface area contributed by atoms with Gasteiger partial charge in [-0.1, -0.05) is 30.3 Å². The fourth-order valence-corrected chi connectivity index (χ4v) is 6.19. The molecule has 0 aromatic heterocycles. The molecular formula is C27H36FN3O. The van der Waals surface area contributed by atoms with Crippen LogP contribution >= 0.6 is 0 Å². The second-order valence-electron chi connectivity index (χ2n) is 10.2. The van der Waals surface area contributed by atoms with Gasteiger partial charge in [0.05, 0.1) is 6.61 Å². The molecule has 32 heavy (non-hydrogen) atoms. The van der Waals surface area contributed by atoms with Crippen LogP contribution in [0.15, 0.2) is 42.5 Å². The highest BCUT2D eigenvalue weighted by molar-refractivity contribution is 5.45. The number of hydrogen-bond donors (Lipinski definition) is 1. The Morgan fingerprint density at radius 1 is 1.19 bits per heavy atom. The summed E-state index contributed by atoms with van der Waals surface area (Å²) in [6.07, 6.45) is 3.21. The lowest BCUT2D eigenvalue weighted by Crippen LogP contribution is -2.33. The molecule has 5 heteroatoms. The highest BCUT2D eigenvalue weighted by atomic mass is 19.1. The summed E-state index contributed by atoms with van der Waals surface area (Å²) >= 11 is 0. The van der Waals surface area contributed by atoms with Gasteiger partial charge in [0.1, 0.15) is 11.4 Å². The van der Waals surface area contributed by atoms with Crippen molar-refractivity contribution >= 4 is 0 Å². The predicted octanol–water partition coefficient (Wildman–Crippen LogP) is 4.12. The molecule has 5 rings (SSSR count). The Morgan fingerprint density at radius 3 is 2.78 bits per heavy atom. The molecule has 4 nitrogen and oxygen atoms in total. The largest absolute Gasteiger partial charge is 0.361 e. The Morgan fingerprint density at radius 2 is 2.00 bits per heavy atom. The number of fused-ring (bicyclic) bond motifs is 2. The average Bonchev–Trinajstić information content (AvgIpc) is 3.45. The van der Waals surface area contributed by atoms with Crippen LogP contribution in [-0.2, 0) is 23.5 Å². The Balaban J connectivity index is 1.39. The fourth-order valence-electron chi connectivity index (χ4n) is 6.19. The van der Waals surface area contributed by atoms with E-state index in [0.717, 1.165) is 44.0 Å². The van der Waals surface area contributed by atoms with Crippen LogP contribution in [-0.4, -0.2) is 55.6 Å². The summed E-state index contributed by atoms with van der Waals surface area (Å²) in [4.78, 5) is 4.86. The number of likely N-dealkylation sites (tertiary alicyclic amines) is 1. The summed E-state index contributed by atoms with van der Waals surface area (Å²) in [5, 5.41) is 3.65. The lowest BCUT2D eigenvalue weighted by Gasteiger charge is -2.31. The van der Waals surface area contributed by atoms with Crippen LogP contribution in [0.3, 0.4) is 0 Å². The van der Waals surface area contributed by atoms with Crippen molar-refractivity contribution in [3.05, 3.63) is 70.5 Å². The molecule has 3 heterocycles. The van der Waals surface area contributed by atoms with Crippen molar-refractivity contribution in [3.8, 4) is 0 Å². The molecule has 0 saturated carbocycles. The third kappa shape index (κ3) is 4.01. The van der Waals surface area contributed by atoms with Gasteiger partial charge in [0.25, 0.3) is 0 Å². The van der Waals surface area contributed by atoms with Gasteiger partial charge in [-0.2, -0.15) is 0 Å². The Hall–Kier alpha value is -1.79. The van der Waals surface area contributed by atoms with Gasteiger partial charge in [0, 0.05) is 25.2 Å². The summed E-state index contributed by atoms with van der Waals surface area (Å²) in [5.74, 6) is 0.584. The minimum atomic E-state index is -0.485. The number of benzene rings is 2. The molecule has 1 N–H and O–H groups in total. The van der Waals surface area contributed by atoms with Gasteiger partial charge in [0.2, 0.25) is 0 Å². The minimum absolute atomic E-state index is 0.203. The van der Waals surface area contributed by atoms with Crippen LogP contribution in [0.1, 0.15) is 48.4 Å². The quantitative estimate of drug-likeness (QED) is 0.705. The average molecular weight is 438 g/mol. The Bertz CT molecular complexity index is 946. The van der Waals surface area contributed by atoms with Crippen molar-refractivity contribution in [2.24, 2.45) is 5.92 Å². The highest BCUT2D eigenvalue weighted by Crippen LogP contribution is 2.46. The smallest absolute Gasteiger partial charge is 0.123 e. The highest BCUT2D eigenvalue weighted by Gasteiger charge is 2.43. The molecule has 0 radical (unpaired) electrons. The van der Waals surface area contributed by atoms with Crippen molar-refractivity contribution in [2.45, 2.75) is 57.0 Å². The molecule has 2 fully saturated rings. The van der Waals surface area contributed by atoms with E-state index in [1.807, 2.05) is 12.1 Å². The molecule has 3 aliphatic heterocycles. The van der Waals surface area contributed by atoms with Crippen molar-refractivity contribution < 1.29 is 9.13 Å². The molecule has 4 atom stereocenters. The molecule has 172 valence electrons. The second-order valence-corrected chi connectivity index (χ2v) is 10.2. The van der Waals surface area contributed by atoms with Crippen LogP contribution in [0.25, 0.3) is 0 Å². The summed E-state index contributed by atoms with van der Waals surface area (Å²) < 4.78 is 20.2. The van der Waals surface area contributed by atoms with E-state index in [1.54, 1.807) is 12.1 Å². The van der Waals surface area contributed by atoms with Crippen molar-refractivity contribution in [3.63, 3.8) is 0 Å². The SMILES string of the molecule is CC1NCC2C1CCN2Cc1ccc2c(c1)COC2(CCCN(C)C)c1ccc(F)cc1. The van der Waals surface area contributed by atoms with Gasteiger partial charge >= 0.3 is 0 Å². The van der Waals surface area contributed by atoms with Gasteiger partial charge in [-0.15, -0.1) is 0 Å². The zero-order chi connectivity index (χ0) is 22.3. The molecule has 2 saturated heterocycles. The third-order valence-electron chi connectivity index (χ3n) is 7.91. The zero-order valence-electron chi connectivity index (χ0n) is 19.6. The maximum atomic E-state index is 13.7. The van der Waals surface area contributed by atoms with Gasteiger partial charge in [-0.05, 0) is 93.7 Å². The minimum Gasteiger partial charge on any atom is -0.361 e. The monoisotopic (exact) mass is 437 g/mol. The first-order valence-corrected chi connectivity index (χ1v) is 12.1. The standard InChI is InChI=1S/C27H36FN3O/c1-19-24-11-14-31(26(24)16-29-19)17-20-5-10-25-21(15-20)18-32-27(25,12-4-13-30(2)3)22-6-8-23(28)9-7-22/h5-10,15,19,24,26,29H,4,11-14,16-18H2,1-3H3. The predicted molar refractivity (Wildman–Crippen MR) is 126 cm³/mol. The maximum Gasteiger partial charge on any atom is 0.123 e. The van der Waals surface area contributed by atoms with Crippen molar-refractivity contribution in [1.29, 1.82) is 0 Å².